The third-order valence-corrected chi connectivity index (χ3v) is 5.91. The molecule has 1 N–H and O–H groups in total. The van der Waals surface area contributed by atoms with Crippen molar-refractivity contribution in [2.45, 2.75) is 25.4 Å². The van der Waals surface area contributed by atoms with Gasteiger partial charge >= 0.3 is 0 Å². The van der Waals surface area contributed by atoms with Crippen LogP contribution in [0.25, 0.3) is 0 Å². The van der Waals surface area contributed by atoms with Gasteiger partial charge in [0.15, 0.2) is 0 Å². The van der Waals surface area contributed by atoms with Crippen molar-refractivity contribution in [3.8, 4) is 0 Å². The minimum atomic E-state index is -0.0774. The molecule has 0 bridgehead atoms. The van der Waals surface area contributed by atoms with E-state index in [1.807, 2.05) is 36.4 Å². The number of hydrogen-bond acceptors (Lipinski definition) is 3. The van der Waals surface area contributed by atoms with Crippen LogP contribution in [0.5, 0.6) is 0 Å². The van der Waals surface area contributed by atoms with Crippen LogP contribution in [0.4, 0.5) is 0 Å². The number of nitrogens with one attached hydrogen (secondary N) is 1. The third kappa shape index (κ3) is 5.08. The van der Waals surface area contributed by atoms with Crippen LogP contribution in [0.2, 0.25) is 5.02 Å². The highest BCUT2D eigenvalue weighted by Gasteiger charge is 2.32. The molecule has 0 saturated carbocycles. The van der Waals surface area contributed by atoms with Crippen molar-refractivity contribution in [3.05, 3.63) is 94.9 Å². The highest BCUT2D eigenvalue weighted by molar-refractivity contribution is 6.31. The molecule has 0 aliphatic carbocycles. The third-order valence-electron chi connectivity index (χ3n) is 5.54. The van der Waals surface area contributed by atoms with E-state index in [0.717, 1.165) is 42.4 Å². The molecule has 29 heavy (non-hydrogen) atoms. The van der Waals surface area contributed by atoms with Gasteiger partial charge in [0.05, 0.1) is 18.7 Å². The van der Waals surface area contributed by atoms with Crippen LogP contribution in [0.15, 0.2) is 77.4 Å². The van der Waals surface area contributed by atoms with E-state index in [9.17, 15) is 4.79 Å². The highest BCUT2D eigenvalue weighted by Crippen LogP contribution is 2.32. The molecule has 5 heteroatoms. The lowest BCUT2D eigenvalue weighted by atomic mass is 9.84. The normalized spacial score (nSPS) is 19.8. The number of nitrogens with zero attached hydrogens (tertiary/aromatic N) is 1. The Morgan fingerprint density at radius 1 is 1.03 bits per heavy atom. The van der Waals surface area contributed by atoms with E-state index in [-0.39, 0.29) is 11.8 Å². The molecule has 1 aromatic heterocycles. The summed E-state index contributed by atoms with van der Waals surface area (Å²) in [5, 5.41) is 3.81. The zero-order valence-electron chi connectivity index (χ0n) is 16.3. The molecule has 2 unspecified atom stereocenters. The molecule has 4 rings (SSSR count). The summed E-state index contributed by atoms with van der Waals surface area (Å²) in [5.74, 6) is 1.08. The fraction of sp³-hybridized carbons (Fsp3) is 0.292. The number of hydrogen-bond donors (Lipinski definition) is 1. The van der Waals surface area contributed by atoms with Crippen LogP contribution in [0, 0.1) is 5.92 Å². The maximum atomic E-state index is 12.9. The minimum absolute atomic E-state index is 0.0752. The van der Waals surface area contributed by atoms with Crippen molar-refractivity contribution in [1.29, 1.82) is 0 Å². The lowest BCUT2D eigenvalue weighted by Crippen LogP contribution is -2.45. The lowest BCUT2D eigenvalue weighted by molar-refractivity contribution is -0.127. The Kier molecular flexibility index (Phi) is 6.33. The maximum Gasteiger partial charge on any atom is 0.224 e. The molecule has 0 radical (unpaired) electrons. The second kappa shape index (κ2) is 9.29. The van der Waals surface area contributed by atoms with E-state index in [1.54, 1.807) is 6.26 Å². The standard InChI is InChI=1S/C24H25ClN2O2/c25-23-11-5-4-9-19(23)15-27-16-20(18-7-2-1-3-8-18)13-21(17-27)24(28)26-14-22-10-6-12-29-22/h1-12,20-21H,13-17H2,(H,26,28). The van der Waals surface area contributed by atoms with Crippen LogP contribution >= 0.6 is 11.6 Å². The van der Waals surface area contributed by atoms with Gasteiger partial charge in [-0.25, -0.2) is 0 Å². The molecular formula is C24H25ClN2O2. The van der Waals surface area contributed by atoms with Crippen molar-refractivity contribution in [3.63, 3.8) is 0 Å². The first kappa shape index (κ1) is 19.7. The van der Waals surface area contributed by atoms with Crippen LogP contribution < -0.4 is 5.32 Å². The van der Waals surface area contributed by atoms with Crippen molar-refractivity contribution in [2.24, 2.45) is 5.92 Å². The van der Waals surface area contributed by atoms with Gasteiger partial charge in [-0.15, -0.1) is 0 Å². The van der Waals surface area contributed by atoms with E-state index in [4.69, 9.17) is 16.0 Å². The molecule has 1 amide bonds. The molecule has 0 spiro atoms. The topological polar surface area (TPSA) is 45.5 Å². The van der Waals surface area contributed by atoms with E-state index < -0.39 is 0 Å². The Hall–Kier alpha value is -2.56. The number of likely N-dealkylation sites (tertiary alicyclic amines) is 1. The van der Waals surface area contributed by atoms with Gasteiger partial charge in [-0.1, -0.05) is 60.1 Å². The van der Waals surface area contributed by atoms with E-state index >= 15 is 0 Å². The summed E-state index contributed by atoms with van der Waals surface area (Å²) in [6.07, 6.45) is 2.46. The largest absolute Gasteiger partial charge is 0.467 e. The first-order valence-corrected chi connectivity index (χ1v) is 10.4. The molecule has 1 saturated heterocycles. The van der Waals surface area contributed by atoms with Gasteiger partial charge in [0.25, 0.3) is 0 Å². The Morgan fingerprint density at radius 3 is 2.59 bits per heavy atom. The zero-order chi connectivity index (χ0) is 20.1. The second-order valence-electron chi connectivity index (χ2n) is 7.62. The fourth-order valence-corrected chi connectivity index (χ4v) is 4.27. The summed E-state index contributed by atoms with van der Waals surface area (Å²) in [4.78, 5) is 15.3. The lowest BCUT2D eigenvalue weighted by Gasteiger charge is -2.37. The number of furan rings is 1. The maximum absolute atomic E-state index is 12.9. The number of benzene rings is 2. The zero-order valence-corrected chi connectivity index (χ0v) is 17.0. The Balaban J connectivity index is 1.49. The molecule has 2 atom stereocenters. The molecule has 2 aromatic carbocycles. The van der Waals surface area contributed by atoms with Crippen LogP contribution in [0.3, 0.4) is 0 Å². The summed E-state index contributed by atoms with van der Waals surface area (Å²) in [7, 11) is 0. The highest BCUT2D eigenvalue weighted by atomic mass is 35.5. The van der Waals surface area contributed by atoms with Crippen molar-refractivity contribution in [2.75, 3.05) is 13.1 Å². The van der Waals surface area contributed by atoms with E-state index in [2.05, 4.69) is 40.5 Å². The average molecular weight is 409 g/mol. The van der Waals surface area contributed by atoms with Crippen LogP contribution in [0.1, 0.15) is 29.2 Å². The van der Waals surface area contributed by atoms with Gasteiger partial charge in [-0.2, -0.15) is 0 Å². The van der Waals surface area contributed by atoms with E-state index in [1.165, 1.54) is 5.56 Å². The Labute approximate surface area is 176 Å². The summed E-state index contributed by atoms with van der Waals surface area (Å²) < 4.78 is 5.34. The van der Waals surface area contributed by atoms with Crippen molar-refractivity contribution in [1.82, 2.24) is 10.2 Å². The van der Waals surface area contributed by atoms with Gasteiger partial charge in [0.1, 0.15) is 5.76 Å². The van der Waals surface area contributed by atoms with Crippen LogP contribution in [-0.2, 0) is 17.9 Å². The first-order chi connectivity index (χ1) is 14.2. The molecule has 3 aromatic rings. The molecule has 1 aliphatic rings. The molecule has 1 fully saturated rings. The van der Waals surface area contributed by atoms with Crippen LogP contribution in [-0.4, -0.2) is 23.9 Å². The fourth-order valence-electron chi connectivity index (χ4n) is 4.08. The van der Waals surface area contributed by atoms with Gasteiger partial charge in [0.2, 0.25) is 5.91 Å². The molecule has 4 nitrogen and oxygen atoms in total. The van der Waals surface area contributed by atoms with Gasteiger partial charge in [0, 0.05) is 24.7 Å². The summed E-state index contributed by atoms with van der Waals surface area (Å²) in [5.41, 5.74) is 2.37. The Bertz CT molecular complexity index is 927. The quantitative estimate of drug-likeness (QED) is 0.633. The SMILES string of the molecule is O=C(NCc1ccco1)C1CC(c2ccccc2)CN(Cc2ccccc2Cl)C1. The number of rotatable bonds is 6. The summed E-state index contributed by atoms with van der Waals surface area (Å²) in [6.45, 7) is 2.80. The summed E-state index contributed by atoms with van der Waals surface area (Å²) >= 11 is 6.39. The average Bonchev–Trinajstić information content (AvgIpc) is 3.28. The predicted molar refractivity (Wildman–Crippen MR) is 115 cm³/mol. The predicted octanol–water partition coefficient (Wildman–Crippen LogP) is 4.86. The molecular weight excluding hydrogens is 384 g/mol. The number of piperidine rings is 1. The number of carbonyl (C=O) groups excluding carboxylic acids is 1. The minimum Gasteiger partial charge on any atom is -0.467 e. The van der Waals surface area contributed by atoms with Gasteiger partial charge in [-0.3, -0.25) is 9.69 Å². The number of carbonyl (C=O) groups is 1. The molecule has 2 heterocycles. The van der Waals surface area contributed by atoms with Gasteiger partial charge in [-0.05, 0) is 41.7 Å². The smallest absolute Gasteiger partial charge is 0.224 e. The second-order valence-corrected chi connectivity index (χ2v) is 8.03. The molecule has 150 valence electrons. The van der Waals surface area contributed by atoms with Crippen molar-refractivity contribution >= 4 is 17.5 Å². The monoisotopic (exact) mass is 408 g/mol. The van der Waals surface area contributed by atoms with Gasteiger partial charge < -0.3 is 9.73 Å². The molecule has 1 aliphatic heterocycles. The Morgan fingerprint density at radius 2 is 1.83 bits per heavy atom. The van der Waals surface area contributed by atoms with Crippen molar-refractivity contribution < 1.29 is 9.21 Å². The number of halogens is 1. The number of amides is 1. The van der Waals surface area contributed by atoms with E-state index in [0.29, 0.717) is 12.5 Å². The summed E-state index contributed by atoms with van der Waals surface area (Å²) in [6, 6.07) is 22.1. The first-order valence-electron chi connectivity index (χ1n) is 10.00.